The fourth-order valence-corrected chi connectivity index (χ4v) is 3.15. The number of hydrogen-bond donors (Lipinski definition) is 2. The fourth-order valence-electron chi connectivity index (χ4n) is 3.15. The molecule has 1 amide bonds. The molecule has 1 aliphatic carbocycles. The SMILES string of the molecule is CCCc1ccccc1NC(=O)CC1(C(=O)O)CCCC1. The van der Waals surface area contributed by atoms with E-state index in [1.54, 1.807) is 0 Å². The Morgan fingerprint density at radius 2 is 1.90 bits per heavy atom. The summed E-state index contributed by atoms with van der Waals surface area (Å²) in [6.45, 7) is 2.09. The van der Waals surface area contributed by atoms with Crippen LogP contribution in [-0.4, -0.2) is 17.0 Å². The second-order valence-corrected chi connectivity index (χ2v) is 5.92. The number of benzene rings is 1. The third-order valence-corrected chi connectivity index (χ3v) is 4.32. The predicted molar refractivity (Wildman–Crippen MR) is 82.2 cm³/mol. The van der Waals surface area contributed by atoms with Gasteiger partial charge in [0.25, 0.3) is 0 Å². The Balaban J connectivity index is 2.06. The van der Waals surface area contributed by atoms with Gasteiger partial charge in [-0.05, 0) is 30.9 Å². The average molecular weight is 289 g/mol. The van der Waals surface area contributed by atoms with E-state index in [1.165, 1.54) is 0 Å². The highest BCUT2D eigenvalue weighted by Crippen LogP contribution is 2.41. The first-order valence-electron chi connectivity index (χ1n) is 7.68. The van der Waals surface area contributed by atoms with Gasteiger partial charge >= 0.3 is 5.97 Å². The number of carbonyl (C=O) groups is 2. The molecule has 4 nitrogen and oxygen atoms in total. The van der Waals surface area contributed by atoms with Crippen molar-refractivity contribution in [2.75, 3.05) is 5.32 Å². The molecule has 0 radical (unpaired) electrons. The molecule has 1 aliphatic rings. The van der Waals surface area contributed by atoms with Crippen LogP contribution in [0.15, 0.2) is 24.3 Å². The smallest absolute Gasteiger partial charge is 0.310 e. The standard InChI is InChI=1S/C17H23NO3/c1-2-7-13-8-3-4-9-14(13)18-15(19)12-17(16(20)21)10-5-6-11-17/h3-4,8-9H,2,5-7,10-12H2,1H3,(H,18,19)(H,20,21). The minimum absolute atomic E-state index is 0.0722. The second kappa shape index (κ2) is 6.74. The number of aryl methyl sites for hydroxylation is 1. The third kappa shape index (κ3) is 3.63. The molecule has 2 N–H and O–H groups in total. The molecule has 0 aromatic heterocycles. The minimum Gasteiger partial charge on any atom is -0.481 e. The van der Waals surface area contributed by atoms with E-state index in [4.69, 9.17) is 0 Å². The zero-order chi connectivity index (χ0) is 15.3. The van der Waals surface area contributed by atoms with E-state index in [1.807, 2.05) is 24.3 Å². The van der Waals surface area contributed by atoms with Crippen LogP contribution in [0, 0.1) is 5.41 Å². The van der Waals surface area contributed by atoms with E-state index in [2.05, 4.69) is 12.2 Å². The molecule has 0 bridgehead atoms. The Kier molecular flexibility index (Phi) is 4.99. The number of carboxylic acids is 1. The van der Waals surface area contributed by atoms with E-state index < -0.39 is 11.4 Å². The zero-order valence-corrected chi connectivity index (χ0v) is 12.5. The Hall–Kier alpha value is -1.84. The minimum atomic E-state index is -0.857. The maximum atomic E-state index is 12.3. The monoisotopic (exact) mass is 289 g/mol. The van der Waals surface area contributed by atoms with Crippen molar-refractivity contribution in [3.8, 4) is 0 Å². The van der Waals surface area contributed by atoms with Gasteiger partial charge in [-0.2, -0.15) is 0 Å². The molecule has 1 aromatic rings. The normalized spacial score (nSPS) is 16.6. The molecular weight excluding hydrogens is 266 g/mol. The number of carbonyl (C=O) groups excluding carboxylic acids is 1. The van der Waals surface area contributed by atoms with Crippen LogP contribution in [0.4, 0.5) is 5.69 Å². The highest BCUT2D eigenvalue weighted by atomic mass is 16.4. The molecule has 0 aliphatic heterocycles. The molecule has 2 rings (SSSR count). The molecule has 1 saturated carbocycles. The number of para-hydroxylation sites is 1. The maximum absolute atomic E-state index is 12.3. The second-order valence-electron chi connectivity index (χ2n) is 5.92. The highest BCUT2D eigenvalue weighted by molar-refractivity contribution is 5.95. The van der Waals surface area contributed by atoms with Crippen molar-refractivity contribution >= 4 is 17.6 Å². The van der Waals surface area contributed by atoms with Gasteiger partial charge in [0.15, 0.2) is 0 Å². The first-order chi connectivity index (χ1) is 10.1. The molecular formula is C17H23NO3. The number of carboxylic acid groups (broad SMARTS) is 1. The number of amides is 1. The molecule has 0 heterocycles. The van der Waals surface area contributed by atoms with Gasteiger partial charge in [-0.25, -0.2) is 0 Å². The third-order valence-electron chi connectivity index (χ3n) is 4.32. The summed E-state index contributed by atoms with van der Waals surface area (Å²) in [5, 5.41) is 12.3. The molecule has 0 atom stereocenters. The maximum Gasteiger partial charge on any atom is 0.310 e. The molecule has 0 unspecified atom stereocenters. The van der Waals surface area contributed by atoms with Crippen LogP contribution in [0.5, 0.6) is 0 Å². The van der Waals surface area contributed by atoms with Gasteiger partial charge in [-0.15, -0.1) is 0 Å². The topological polar surface area (TPSA) is 66.4 Å². The lowest BCUT2D eigenvalue weighted by atomic mass is 9.82. The Bertz CT molecular complexity index is 519. The number of aliphatic carboxylic acids is 1. The van der Waals surface area contributed by atoms with E-state index in [0.717, 1.165) is 36.9 Å². The zero-order valence-electron chi connectivity index (χ0n) is 12.5. The van der Waals surface area contributed by atoms with Gasteiger partial charge in [0.05, 0.1) is 5.41 Å². The summed E-state index contributed by atoms with van der Waals surface area (Å²) in [5.74, 6) is -1.03. The van der Waals surface area contributed by atoms with Crippen molar-refractivity contribution in [1.29, 1.82) is 0 Å². The number of rotatable bonds is 6. The number of nitrogens with one attached hydrogen (secondary N) is 1. The molecule has 1 aromatic carbocycles. The van der Waals surface area contributed by atoms with Crippen molar-refractivity contribution in [2.24, 2.45) is 5.41 Å². The molecule has 0 saturated heterocycles. The first-order valence-corrected chi connectivity index (χ1v) is 7.68. The number of hydrogen-bond acceptors (Lipinski definition) is 2. The lowest BCUT2D eigenvalue weighted by Gasteiger charge is -2.23. The Morgan fingerprint density at radius 3 is 2.52 bits per heavy atom. The van der Waals surface area contributed by atoms with Crippen molar-refractivity contribution in [2.45, 2.75) is 51.9 Å². The summed E-state index contributed by atoms with van der Waals surface area (Å²) < 4.78 is 0. The summed E-state index contributed by atoms with van der Waals surface area (Å²) in [6.07, 6.45) is 4.98. The first kappa shape index (κ1) is 15.5. The van der Waals surface area contributed by atoms with Gasteiger partial charge in [0.1, 0.15) is 0 Å². The Morgan fingerprint density at radius 1 is 1.24 bits per heavy atom. The van der Waals surface area contributed by atoms with Crippen LogP contribution in [-0.2, 0) is 16.0 Å². The summed E-state index contributed by atoms with van der Waals surface area (Å²) in [7, 11) is 0. The van der Waals surface area contributed by atoms with Crippen molar-refractivity contribution in [3.63, 3.8) is 0 Å². The summed E-state index contributed by atoms with van der Waals surface area (Å²) >= 11 is 0. The van der Waals surface area contributed by atoms with Crippen LogP contribution in [0.2, 0.25) is 0 Å². The fraction of sp³-hybridized carbons (Fsp3) is 0.529. The van der Waals surface area contributed by atoms with Gasteiger partial charge in [0.2, 0.25) is 5.91 Å². The lowest BCUT2D eigenvalue weighted by Crippen LogP contribution is -2.32. The highest BCUT2D eigenvalue weighted by Gasteiger charge is 2.42. The quantitative estimate of drug-likeness (QED) is 0.840. The van der Waals surface area contributed by atoms with Crippen LogP contribution in [0.1, 0.15) is 51.0 Å². The summed E-state index contributed by atoms with van der Waals surface area (Å²) in [5.41, 5.74) is 1.05. The summed E-state index contributed by atoms with van der Waals surface area (Å²) in [4.78, 5) is 23.8. The van der Waals surface area contributed by atoms with Crippen molar-refractivity contribution in [3.05, 3.63) is 29.8 Å². The van der Waals surface area contributed by atoms with Crippen LogP contribution in [0.25, 0.3) is 0 Å². The molecule has 4 heteroatoms. The van der Waals surface area contributed by atoms with Crippen LogP contribution >= 0.6 is 0 Å². The van der Waals surface area contributed by atoms with E-state index >= 15 is 0 Å². The van der Waals surface area contributed by atoms with Crippen LogP contribution < -0.4 is 5.32 Å². The summed E-state index contributed by atoms with van der Waals surface area (Å²) in [6, 6.07) is 7.72. The van der Waals surface area contributed by atoms with Crippen molar-refractivity contribution < 1.29 is 14.7 Å². The largest absolute Gasteiger partial charge is 0.481 e. The lowest BCUT2D eigenvalue weighted by molar-refractivity contribution is -0.150. The molecule has 0 spiro atoms. The number of anilines is 1. The van der Waals surface area contributed by atoms with Gasteiger partial charge in [-0.1, -0.05) is 44.4 Å². The van der Waals surface area contributed by atoms with Gasteiger partial charge in [-0.3, -0.25) is 9.59 Å². The molecule has 114 valence electrons. The molecule has 1 fully saturated rings. The van der Waals surface area contributed by atoms with E-state index in [9.17, 15) is 14.7 Å². The Labute approximate surface area is 125 Å². The van der Waals surface area contributed by atoms with Crippen molar-refractivity contribution in [1.82, 2.24) is 0 Å². The van der Waals surface area contributed by atoms with E-state index in [0.29, 0.717) is 12.8 Å². The van der Waals surface area contributed by atoms with E-state index in [-0.39, 0.29) is 12.3 Å². The van der Waals surface area contributed by atoms with Gasteiger partial charge < -0.3 is 10.4 Å². The molecule has 21 heavy (non-hydrogen) atoms. The van der Waals surface area contributed by atoms with Gasteiger partial charge in [0, 0.05) is 12.1 Å². The predicted octanol–water partition coefficient (Wildman–Crippen LogP) is 3.61. The van der Waals surface area contributed by atoms with Crippen LogP contribution in [0.3, 0.4) is 0 Å². The average Bonchev–Trinajstić information content (AvgIpc) is 2.91.